The van der Waals surface area contributed by atoms with Crippen LogP contribution >= 0.6 is 0 Å². The highest BCUT2D eigenvalue weighted by Crippen LogP contribution is 2.38. The summed E-state index contributed by atoms with van der Waals surface area (Å²) in [5.74, 6) is 1.82. The molecule has 0 aromatic heterocycles. The third-order valence-corrected chi connectivity index (χ3v) is 3.08. The first-order chi connectivity index (χ1) is 9.80. The van der Waals surface area contributed by atoms with E-state index >= 15 is 0 Å². The molecule has 0 N–H and O–H groups in total. The Kier molecular flexibility index (Phi) is 5.06. The number of morpholine rings is 1. The van der Waals surface area contributed by atoms with Crippen molar-refractivity contribution in [1.29, 1.82) is 0 Å². The molecule has 0 spiro atoms. The quantitative estimate of drug-likeness (QED) is 0.763. The number of nitrogens with zero attached hydrogens (tertiary/aromatic N) is 2. The van der Waals surface area contributed by atoms with E-state index in [9.17, 15) is 0 Å². The van der Waals surface area contributed by atoms with Gasteiger partial charge in [0.25, 0.3) is 0 Å². The third kappa shape index (κ3) is 3.14. The van der Waals surface area contributed by atoms with Crippen LogP contribution in [0.4, 0.5) is 0 Å². The third-order valence-electron chi connectivity index (χ3n) is 3.08. The van der Waals surface area contributed by atoms with E-state index in [0.717, 1.165) is 18.7 Å². The summed E-state index contributed by atoms with van der Waals surface area (Å²) in [6.45, 7) is 3.01. The average molecular weight is 280 g/mol. The van der Waals surface area contributed by atoms with Crippen LogP contribution in [-0.4, -0.2) is 58.9 Å². The van der Waals surface area contributed by atoms with Crippen molar-refractivity contribution in [3.8, 4) is 17.2 Å². The average Bonchev–Trinajstić information content (AvgIpc) is 2.52. The Hall–Kier alpha value is -1.95. The summed E-state index contributed by atoms with van der Waals surface area (Å²) in [5.41, 5.74) is 0.844. The van der Waals surface area contributed by atoms with Gasteiger partial charge >= 0.3 is 0 Å². The second-order valence-corrected chi connectivity index (χ2v) is 4.23. The number of hydrazone groups is 1. The fourth-order valence-corrected chi connectivity index (χ4v) is 2.04. The highest BCUT2D eigenvalue weighted by atomic mass is 16.5. The molecule has 2 rings (SSSR count). The summed E-state index contributed by atoms with van der Waals surface area (Å²) in [7, 11) is 4.78. The van der Waals surface area contributed by atoms with Gasteiger partial charge in [0.2, 0.25) is 5.75 Å². The molecule has 1 aliphatic rings. The lowest BCUT2D eigenvalue weighted by atomic mass is 10.2. The molecule has 0 bridgehead atoms. The first-order valence-electron chi connectivity index (χ1n) is 6.45. The van der Waals surface area contributed by atoms with Gasteiger partial charge in [-0.3, -0.25) is 5.01 Å². The molecular formula is C14H20N2O4. The lowest BCUT2D eigenvalue weighted by Crippen LogP contribution is -2.32. The number of ether oxygens (including phenoxy) is 4. The van der Waals surface area contributed by atoms with Crippen molar-refractivity contribution in [1.82, 2.24) is 5.01 Å². The molecular weight excluding hydrogens is 260 g/mol. The minimum atomic E-state index is 0.570. The number of hydrogen-bond donors (Lipinski definition) is 0. The van der Waals surface area contributed by atoms with Crippen LogP contribution < -0.4 is 14.2 Å². The smallest absolute Gasteiger partial charge is 0.203 e. The fourth-order valence-electron chi connectivity index (χ4n) is 2.04. The molecule has 6 heteroatoms. The lowest BCUT2D eigenvalue weighted by molar-refractivity contribution is 0.0397. The number of hydrogen-bond acceptors (Lipinski definition) is 6. The predicted molar refractivity (Wildman–Crippen MR) is 76.1 cm³/mol. The second-order valence-electron chi connectivity index (χ2n) is 4.23. The van der Waals surface area contributed by atoms with Gasteiger partial charge in [-0.25, -0.2) is 0 Å². The highest BCUT2D eigenvalue weighted by molar-refractivity contribution is 5.86. The predicted octanol–water partition coefficient (Wildman–Crippen LogP) is 1.38. The first-order valence-corrected chi connectivity index (χ1v) is 6.45. The van der Waals surface area contributed by atoms with Gasteiger partial charge in [-0.15, -0.1) is 0 Å². The van der Waals surface area contributed by atoms with Crippen LogP contribution in [0.3, 0.4) is 0 Å². The number of benzene rings is 1. The van der Waals surface area contributed by atoms with Gasteiger partial charge in [0, 0.05) is 5.56 Å². The molecule has 20 heavy (non-hydrogen) atoms. The van der Waals surface area contributed by atoms with Crippen molar-refractivity contribution in [2.24, 2.45) is 5.10 Å². The van der Waals surface area contributed by atoms with Crippen molar-refractivity contribution >= 4 is 6.21 Å². The van der Waals surface area contributed by atoms with Gasteiger partial charge in [-0.1, -0.05) is 0 Å². The van der Waals surface area contributed by atoms with Gasteiger partial charge < -0.3 is 18.9 Å². The molecule has 1 aromatic carbocycles. The van der Waals surface area contributed by atoms with Crippen LogP contribution in [0.5, 0.6) is 17.2 Å². The van der Waals surface area contributed by atoms with E-state index in [1.807, 2.05) is 17.1 Å². The normalized spacial score (nSPS) is 15.4. The largest absolute Gasteiger partial charge is 0.493 e. The van der Waals surface area contributed by atoms with Gasteiger partial charge in [0.15, 0.2) is 11.5 Å². The van der Waals surface area contributed by atoms with Crippen LogP contribution in [0.15, 0.2) is 17.2 Å². The van der Waals surface area contributed by atoms with Gasteiger partial charge in [-0.2, -0.15) is 5.10 Å². The standard InChI is InChI=1S/C14H20N2O4/c1-17-12-5-4-11(13(18-2)14(12)19-3)10-15-16-6-8-20-9-7-16/h4-5,10H,6-9H2,1-3H3/b15-10-. The Morgan fingerprint density at radius 1 is 1.05 bits per heavy atom. The summed E-state index contributed by atoms with van der Waals surface area (Å²) in [6, 6.07) is 3.73. The van der Waals surface area contributed by atoms with Gasteiger partial charge in [0.05, 0.1) is 53.8 Å². The highest BCUT2D eigenvalue weighted by Gasteiger charge is 2.15. The maximum atomic E-state index is 5.41. The van der Waals surface area contributed by atoms with E-state index in [4.69, 9.17) is 18.9 Å². The number of methoxy groups -OCH3 is 3. The molecule has 6 nitrogen and oxygen atoms in total. The summed E-state index contributed by atoms with van der Waals surface area (Å²) >= 11 is 0. The fraction of sp³-hybridized carbons (Fsp3) is 0.500. The Bertz CT molecular complexity index is 470. The maximum Gasteiger partial charge on any atom is 0.203 e. The zero-order chi connectivity index (χ0) is 14.4. The molecule has 0 atom stereocenters. The Morgan fingerprint density at radius 3 is 2.35 bits per heavy atom. The minimum Gasteiger partial charge on any atom is -0.493 e. The van der Waals surface area contributed by atoms with Crippen molar-refractivity contribution < 1.29 is 18.9 Å². The zero-order valence-electron chi connectivity index (χ0n) is 12.1. The van der Waals surface area contributed by atoms with Crippen molar-refractivity contribution in [2.75, 3.05) is 47.6 Å². The Labute approximate surface area is 118 Å². The van der Waals surface area contributed by atoms with Crippen LogP contribution in [0.1, 0.15) is 5.56 Å². The van der Waals surface area contributed by atoms with Crippen molar-refractivity contribution in [3.63, 3.8) is 0 Å². The molecule has 0 unspecified atom stereocenters. The van der Waals surface area contributed by atoms with Crippen LogP contribution in [0.25, 0.3) is 0 Å². The van der Waals surface area contributed by atoms with E-state index in [-0.39, 0.29) is 0 Å². The van der Waals surface area contributed by atoms with E-state index in [2.05, 4.69) is 5.10 Å². The van der Waals surface area contributed by atoms with E-state index in [1.165, 1.54) is 0 Å². The number of rotatable bonds is 5. The Balaban J connectivity index is 2.24. The van der Waals surface area contributed by atoms with Crippen LogP contribution in [0.2, 0.25) is 0 Å². The summed E-state index contributed by atoms with van der Waals surface area (Å²) in [5, 5.41) is 6.42. The first kappa shape index (κ1) is 14.5. The SMILES string of the molecule is COc1ccc(/C=N\N2CCOCC2)c(OC)c1OC. The molecule has 1 heterocycles. The molecule has 0 amide bonds. The lowest BCUT2D eigenvalue weighted by Gasteiger charge is -2.23. The molecule has 1 aliphatic heterocycles. The molecule has 1 saturated heterocycles. The Morgan fingerprint density at radius 2 is 1.75 bits per heavy atom. The van der Waals surface area contributed by atoms with E-state index in [1.54, 1.807) is 27.5 Å². The van der Waals surface area contributed by atoms with E-state index in [0.29, 0.717) is 30.5 Å². The van der Waals surface area contributed by atoms with Crippen LogP contribution in [0, 0.1) is 0 Å². The molecule has 1 fully saturated rings. The summed E-state index contributed by atoms with van der Waals surface area (Å²) in [6.07, 6.45) is 1.77. The topological polar surface area (TPSA) is 52.5 Å². The second kappa shape index (κ2) is 7.00. The minimum absolute atomic E-state index is 0.570. The van der Waals surface area contributed by atoms with Crippen molar-refractivity contribution in [3.05, 3.63) is 17.7 Å². The zero-order valence-corrected chi connectivity index (χ0v) is 12.1. The monoisotopic (exact) mass is 280 g/mol. The molecule has 0 aliphatic carbocycles. The summed E-state index contributed by atoms with van der Waals surface area (Å²) < 4.78 is 21.3. The van der Waals surface area contributed by atoms with Gasteiger partial charge in [-0.05, 0) is 12.1 Å². The molecule has 1 aromatic rings. The van der Waals surface area contributed by atoms with E-state index < -0.39 is 0 Å². The maximum absolute atomic E-state index is 5.41. The van der Waals surface area contributed by atoms with Crippen LogP contribution in [-0.2, 0) is 4.74 Å². The molecule has 110 valence electrons. The molecule has 0 radical (unpaired) electrons. The molecule has 0 saturated carbocycles. The summed E-state index contributed by atoms with van der Waals surface area (Å²) in [4.78, 5) is 0. The van der Waals surface area contributed by atoms with Crippen molar-refractivity contribution in [2.45, 2.75) is 0 Å². The van der Waals surface area contributed by atoms with Gasteiger partial charge in [0.1, 0.15) is 0 Å².